The highest BCUT2D eigenvalue weighted by molar-refractivity contribution is 7.99. The Morgan fingerprint density at radius 2 is 2.12 bits per heavy atom. The summed E-state index contributed by atoms with van der Waals surface area (Å²) in [5.41, 5.74) is 0. The number of nitrogens with zero attached hydrogens (tertiary/aromatic N) is 1. The van der Waals surface area contributed by atoms with Crippen molar-refractivity contribution in [2.75, 3.05) is 12.3 Å². The molecular formula is C13H16N2OS. The summed E-state index contributed by atoms with van der Waals surface area (Å²) in [6.07, 6.45) is 1.75. The van der Waals surface area contributed by atoms with Gasteiger partial charge in [-0.3, -0.25) is 0 Å². The maximum atomic E-state index is 5.37. The minimum atomic E-state index is 0.698. The van der Waals surface area contributed by atoms with Crippen molar-refractivity contribution in [2.45, 2.75) is 18.4 Å². The molecule has 0 bridgehead atoms. The second kappa shape index (κ2) is 6.47. The molecule has 17 heavy (non-hydrogen) atoms. The number of thioether (sulfide) groups is 1. The molecule has 1 N–H and O–H groups in total. The molecule has 0 aliphatic heterocycles. The summed E-state index contributed by atoms with van der Waals surface area (Å²) in [6.45, 7) is 3.55. The monoisotopic (exact) mass is 248 g/mol. The first-order valence-electron chi connectivity index (χ1n) is 5.64. The molecule has 0 radical (unpaired) electrons. The number of nitrogens with one attached hydrogen (secondary N) is 1. The minimum Gasteiger partial charge on any atom is -0.445 e. The fraction of sp³-hybridized carbons (Fsp3) is 0.308. The van der Waals surface area contributed by atoms with Gasteiger partial charge in [0.1, 0.15) is 5.76 Å². The van der Waals surface area contributed by atoms with E-state index in [1.807, 2.05) is 24.8 Å². The van der Waals surface area contributed by atoms with Gasteiger partial charge in [-0.15, -0.1) is 11.8 Å². The van der Waals surface area contributed by atoms with E-state index < -0.39 is 0 Å². The van der Waals surface area contributed by atoms with Crippen molar-refractivity contribution in [3.63, 3.8) is 0 Å². The van der Waals surface area contributed by atoms with Crippen molar-refractivity contribution in [3.05, 3.63) is 48.2 Å². The van der Waals surface area contributed by atoms with Gasteiger partial charge in [0.2, 0.25) is 5.89 Å². The van der Waals surface area contributed by atoms with Crippen LogP contribution in [-0.2, 0) is 6.54 Å². The summed E-state index contributed by atoms with van der Waals surface area (Å²) in [5, 5.41) is 3.31. The molecule has 0 amide bonds. The van der Waals surface area contributed by atoms with Gasteiger partial charge in [0.05, 0.1) is 12.7 Å². The highest BCUT2D eigenvalue weighted by Gasteiger charge is 1.99. The number of aromatic nitrogens is 1. The van der Waals surface area contributed by atoms with Crippen molar-refractivity contribution >= 4 is 11.8 Å². The highest BCUT2D eigenvalue weighted by Crippen LogP contribution is 2.15. The summed E-state index contributed by atoms with van der Waals surface area (Å²) >= 11 is 1.85. The van der Waals surface area contributed by atoms with Crippen LogP contribution in [0.2, 0.25) is 0 Å². The predicted molar refractivity (Wildman–Crippen MR) is 70.1 cm³/mol. The van der Waals surface area contributed by atoms with E-state index in [-0.39, 0.29) is 0 Å². The smallest absolute Gasteiger partial charge is 0.208 e. The average molecular weight is 248 g/mol. The molecule has 0 unspecified atom stereocenters. The molecule has 0 aliphatic carbocycles. The largest absolute Gasteiger partial charge is 0.445 e. The predicted octanol–water partition coefficient (Wildman–Crippen LogP) is 2.86. The summed E-state index contributed by atoms with van der Waals surface area (Å²) in [7, 11) is 0. The van der Waals surface area contributed by atoms with Gasteiger partial charge >= 0.3 is 0 Å². The quantitative estimate of drug-likeness (QED) is 0.630. The molecule has 0 saturated heterocycles. The van der Waals surface area contributed by atoms with Crippen LogP contribution in [0.15, 0.2) is 45.8 Å². The number of hydrogen-bond donors (Lipinski definition) is 1. The zero-order valence-electron chi connectivity index (χ0n) is 9.85. The van der Waals surface area contributed by atoms with Crippen LogP contribution in [0.5, 0.6) is 0 Å². The van der Waals surface area contributed by atoms with Gasteiger partial charge < -0.3 is 9.73 Å². The molecule has 2 aromatic rings. The van der Waals surface area contributed by atoms with Crippen LogP contribution in [0.1, 0.15) is 11.7 Å². The normalized spacial score (nSPS) is 10.6. The van der Waals surface area contributed by atoms with Crippen LogP contribution < -0.4 is 5.32 Å². The molecule has 1 aromatic carbocycles. The number of benzene rings is 1. The summed E-state index contributed by atoms with van der Waals surface area (Å²) in [4.78, 5) is 5.44. The maximum Gasteiger partial charge on any atom is 0.208 e. The number of oxazole rings is 1. The molecule has 0 spiro atoms. The van der Waals surface area contributed by atoms with Crippen LogP contribution in [0.4, 0.5) is 0 Å². The zero-order valence-corrected chi connectivity index (χ0v) is 10.7. The van der Waals surface area contributed by atoms with Gasteiger partial charge in [0, 0.05) is 17.2 Å². The van der Waals surface area contributed by atoms with Crippen LogP contribution in [-0.4, -0.2) is 17.3 Å². The SMILES string of the molecule is Cc1cnc(CNCCSc2ccccc2)o1. The molecule has 2 rings (SSSR count). The third-order valence-corrected chi connectivity index (χ3v) is 3.25. The van der Waals surface area contributed by atoms with E-state index in [4.69, 9.17) is 4.42 Å². The van der Waals surface area contributed by atoms with Gasteiger partial charge in [-0.1, -0.05) is 18.2 Å². The lowest BCUT2D eigenvalue weighted by Gasteiger charge is -2.02. The topological polar surface area (TPSA) is 38.1 Å². The molecule has 90 valence electrons. The first-order valence-corrected chi connectivity index (χ1v) is 6.63. The van der Waals surface area contributed by atoms with Crippen LogP contribution in [0, 0.1) is 6.92 Å². The van der Waals surface area contributed by atoms with Crippen molar-refractivity contribution in [3.8, 4) is 0 Å². The van der Waals surface area contributed by atoms with Crippen molar-refractivity contribution in [1.29, 1.82) is 0 Å². The second-order valence-corrected chi connectivity index (χ2v) is 4.87. The molecule has 0 fully saturated rings. The molecule has 0 aliphatic rings. The van der Waals surface area contributed by atoms with E-state index >= 15 is 0 Å². The highest BCUT2D eigenvalue weighted by atomic mass is 32.2. The van der Waals surface area contributed by atoms with Crippen molar-refractivity contribution in [2.24, 2.45) is 0 Å². The fourth-order valence-corrected chi connectivity index (χ4v) is 2.27. The molecule has 1 aromatic heterocycles. The second-order valence-electron chi connectivity index (χ2n) is 3.70. The summed E-state index contributed by atoms with van der Waals surface area (Å²) in [5.74, 6) is 2.66. The first kappa shape index (κ1) is 12.2. The molecular weight excluding hydrogens is 232 g/mol. The van der Waals surface area contributed by atoms with Crippen LogP contribution in [0.25, 0.3) is 0 Å². The first-order chi connectivity index (χ1) is 8.34. The standard InChI is InChI=1S/C13H16N2OS/c1-11-9-15-13(16-11)10-14-7-8-17-12-5-3-2-4-6-12/h2-6,9,14H,7-8,10H2,1H3. The number of aryl methyl sites for hydroxylation is 1. The average Bonchev–Trinajstić information content (AvgIpc) is 2.76. The van der Waals surface area contributed by atoms with Gasteiger partial charge in [0.25, 0.3) is 0 Å². The Kier molecular flexibility index (Phi) is 4.64. The number of hydrogen-bond acceptors (Lipinski definition) is 4. The van der Waals surface area contributed by atoms with Gasteiger partial charge in [0.15, 0.2) is 0 Å². The third-order valence-electron chi connectivity index (χ3n) is 2.24. The van der Waals surface area contributed by atoms with E-state index in [9.17, 15) is 0 Å². The van der Waals surface area contributed by atoms with Crippen LogP contribution >= 0.6 is 11.8 Å². The number of rotatable bonds is 6. The molecule has 4 heteroatoms. The van der Waals surface area contributed by atoms with Crippen LogP contribution in [0.3, 0.4) is 0 Å². The Morgan fingerprint density at radius 3 is 2.82 bits per heavy atom. The third kappa shape index (κ3) is 4.24. The van der Waals surface area contributed by atoms with E-state index in [1.54, 1.807) is 6.20 Å². The molecule has 1 heterocycles. The Hall–Kier alpha value is -1.26. The Balaban J connectivity index is 1.61. The Labute approximate surface area is 106 Å². The summed E-state index contributed by atoms with van der Waals surface area (Å²) < 4.78 is 5.37. The van der Waals surface area contributed by atoms with E-state index in [2.05, 4.69) is 34.6 Å². The minimum absolute atomic E-state index is 0.698. The fourth-order valence-electron chi connectivity index (χ4n) is 1.44. The van der Waals surface area contributed by atoms with E-state index in [0.717, 1.165) is 23.9 Å². The Morgan fingerprint density at radius 1 is 1.29 bits per heavy atom. The van der Waals surface area contributed by atoms with Crippen molar-refractivity contribution < 1.29 is 4.42 Å². The van der Waals surface area contributed by atoms with Crippen molar-refractivity contribution in [1.82, 2.24) is 10.3 Å². The summed E-state index contributed by atoms with van der Waals surface area (Å²) in [6, 6.07) is 10.4. The molecule has 0 atom stereocenters. The lowest BCUT2D eigenvalue weighted by atomic mass is 10.4. The van der Waals surface area contributed by atoms with Gasteiger partial charge in [-0.25, -0.2) is 4.98 Å². The molecule has 3 nitrogen and oxygen atoms in total. The Bertz CT molecular complexity index is 442. The van der Waals surface area contributed by atoms with E-state index in [1.165, 1.54) is 4.90 Å². The lowest BCUT2D eigenvalue weighted by Crippen LogP contribution is -2.16. The zero-order chi connectivity index (χ0) is 11.9. The van der Waals surface area contributed by atoms with Gasteiger partial charge in [-0.05, 0) is 19.1 Å². The van der Waals surface area contributed by atoms with Gasteiger partial charge in [-0.2, -0.15) is 0 Å². The molecule has 0 saturated carbocycles. The lowest BCUT2D eigenvalue weighted by molar-refractivity contribution is 0.453. The maximum absolute atomic E-state index is 5.37. The van der Waals surface area contributed by atoms with E-state index in [0.29, 0.717) is 6.54 Å².